The molecule has 0 fully saturated rings. The predicted molar refractivity (Wildman–Crippen MR) is 85.9 cm³/mol. The van der Waals surface area contributed by atoms with Gasteiger partial charge in [-0.3, -0.25) is 0 Å². The van der Waals surface area contributed by atoms with Crippen molar-refractivity contribution >= 4 is 17.1 Å². The van der Waals surface area contributed by atoms with Crippen molar-refractivity contribution in [3.8, 4) is 0 Å². The summed E-state index contributed by atoms with van der Waals surface area (Å²) in [5, 5.41) is 0. The molecule has 0 unspecified atom stereocenters. The molecule has 0 spiro atoms. The molecule has 111 valence electrons. The monoisotopic (exact) mass is 367 g/mol. The van der Waals surface area contributed by atoms with E-state index in [4.69, 9.17) is 0 Å². The molecule has 2 aromatic rings. The zero-order valence-electron chi connectivity index (χ0n) is 13.2. The summed E-state index contributed by atoms with van der Waals surface area (Å²) in [4.78, 5) is 4.75. The van der Waals surface area contributed by atoms with Crippen LogP contribution in [0, 0.1) is 26.8 Å². The second-order valence-corrected chi connectivity index (χ2v) is 5.75. The van der Waals surface area contributed by atoms with Gasteiger partial charge in [0.25, 0.3) is 0 Å². The summed E-state index contributed by atoms with van der Waals surface area (Å²) in [5.74, 6) is 0. The Hall–Kier alpha value is -1.34. The van der Waals surface area contributed by atoms with Gasteiger partial charge in [-0.2, -0.15) is 23.8 Å². The Morgan fingerprint density at radius 3 is 2.43 bits per heavy atom. The van der Waals surface area contributed by atoms with Gasteiger partial charge in [-0.05, 0) is 31.5 Å². The standard InChI is InChI=1S/C18H21N2.Ru/c1-12-9-10-17-18(11-12)19(5)15(4)20(17)16-8-6-7-13(2)14(16)3;/h7-11,15H,1-5H3;/q-1;+1/t15-;/m1./s1. The van der Waals surface area contributed by atoms with E-state index in [-0.39, 0.29) is 19.5 Å². The predicted octanol–water partition coefficient (Wildman–Crippen LogP) is 4.34. The van der Waals surface area contributed by atoms with Crippen LogP contribution in [0.3, 0.4) is 0 Å². The Bertz CT molecular complexity index is 666. The number of rotatable bonds is 1. The van der Waals surface area contributed by atoms with Crippen molar-refractivity contribution in [2.24, 2.45) is 0 Å². The van der Waals surface area contributed by atoms with E-state index in [1.54, 1.807) is 0 Å². The van der Waals surface area contributed by atoms with Crippen molar-refractivity contribution in [3.63, 3.8) is 0 Å². The second kappa shape index (κ2) is 5.81. The first kappa shape index (κ1) is 16.0. The van der Waals surface area contributed by atoms with Crippen molar-refractivity contribution in [3.05, 3.63) is 53.1 Å². The fourth-order valence-electron chi connectivity index (χ4n) is 2.94. The molecular weight excluding hydrogens is 345 g/mol. The number of anilines is 3. The summed E-state index contributed by atoms with van der Waals surface area (Å²) in [6.45, 7) is 8.73. The topological polar surface area (TPSA) is 6.48 Å². The van der Waals surface area contributed by atoms with Crippen LogP contribution >= 0.6 is 0 Å². The van der Waals surface area contributed by atoms with E-state index in [0.717, 1.165) is 0 Å². The minimum Gasteiger partial charge on any atom is -0.374 e. The summed E-state index contributed by atoms with van der Waals surface area (Å²) in [6.07, 6.45) is 0.320. The van der Waals surface area contributed by atoms with E-state index >= 15 is 0 Å². The maximum Gasteiger partial charge on any atom is 1.00 e. The molecule has 3 heteroatoms. The number of aryl methyl sites for hydroxylation is 2. The van der Waals surface area contributed by atoms with Gasteiger partial charge >= 0.3 is 19.5 Å². The maximum atomic E-state index is 3.26. The van der Waals surface area contributed by atoms with E-state index in [1.807, 2.05) is 0 Å². The van der Waals surface area contributed by atoms with Gasteiger partial charge in [-0.15, -0.1) is 5.56 Å². The number of nitrogens with zero attached hydrogens (tertiary/aromatic N) is 2. The summed E-state index contributed by atoms with van der Waals surface area (Å²) >= 11 is 0. The van der Waals surface area contributed by atoms with Crippen molar-refractivity contribution in [2.45, 2.75) is 33.9 Å². The normalized spacial score (nSPS) is 16.7. The number of fused-ring (bicyclic) bond motifs is 1. The summed E-state index contributed by atoms with van der Waals surface area (Å²) in [5.41, 5.74) is 7.77. The van der Waals surface area contributed by atoms with Gasteiger partial charge in [0.15, 0.2) is 0 Å². The largest absolute Gasteiger partial charge is 1.00 e. The molecule has 2 aromatic carbocycles. The molecule has 0 aromatic heterocycles. The van der Waals surface area contributed by atoms with Gasteiger partial charge in [0.1, 0.15) is 0 Å². The third-order valence-corrected chi connectivity index (χ3v) is 4.46. The number of hydrogen-bond donors (Lipinski definition) is 0. The van der Waals surface area contributed by atoms with Gasteiger partial charge in [0.2, 0.25) is 0 Å². The molecule has 1 atom stereocenters. The van der Waals surface area contributed by atoms with Crippen LogP contribution in [0.4, 0.5) is 17.1 Å². The quantitative estimate of drug-likeness (QED) is 0.547. The van der Waals surface area contributed by atoms with E-state index in [1.165, 1.54) is 33.8 Å². The second-order valence-electron chi connectivity index (χ2n) is 5.75. The average molecular weight is 366 g/mol. The Kier molecular flexibility index (Phi) is 4.44. The zero-order valence-corrected chi connectivity index (χ0v) is 15.0. The molecule has 0 amide bonds. The van der Waals surface area contributed by atoms with E-state index in [0.29, 0.717) is 6.17 Å². The summed E-state index contributed by atoms with van der Waals surface area (Å²) < 4.78 is 0. The molecule has 21 heavy (non-hydrogen) atoms. The fraction of sp³-hybridized carbons (Fsp3) is 0.333. The number of hydrogen-bond acceptors (Lipinski definition) is 2. The average Bonchev–Trinajstić information content (AvgIpc) is 2.66. The molecule has 0 aliphatic carbocycles. The smallest absolute Gasteiger partial charge is 0.374 e. The van der Waals surface area contributed by atoms with Crippen LogP contribution in [0.25, 0.3) is 0 Å². The SMILES string of the molecule is Cc1ccc2c(c1)N(C)[C@@H](C)N2c1c[c-]cc(C)c1C.[Ru+]. The minimum absolute atomic E-state index is 0. The molecule has 2 nitrogen and oxygen atoms in total. The van der Waals surface area contributed by atoms with Gasteiger partial charge in [0, 0.05) is 7.05 Å². The van der Waals surface area contributed by atoms with Gasteiger partial charge in [-0.25, -0.2) is 0 Å². The Morgan fingerprint density at radius 2 is 1.71 bits per heavy atom. The van der Waals surface area contributed by atoms with Crippen LogP contribution < -0.4 is 9.80 Å². The Labute approximate surface area is 140 Å². The van der Waals surface area contributed by atoms with Crippen LogP contribution in [0.5, 0.6) is 0 Å². The molecular formula is C18H21N2Ru. The van der Waals surface area contributed by atoms with E-state index in [9.17, 15) is 0 Å². The van der Waals surface area contributed by atoms with Crippen molar-refractivity contribution in [1.29, 1.82) is 0 Å². The van der Waals surface area contributed by atoms with Crippen LogP contribution in [0.1, 0.15) is 23.6 Å². The molecule has 3 rings (SSSR count). The summed E-state index contributed by atoms with van der Waals surface area (Å²) in [6, 6.07) is 14.1. The van der Waals surface area contributed by atoms with Crippen molar-refractivity contribution in [1.82, 2.24) is 0 Å². The fourth-order valence-corrected chi connectivity index (χ4v) is 2.94. The van der Waals surface area contributed by atoms with E-state index in [2.05, 4.69) is 80.9 Å². The molecule has 1 heterocycles. The van der Waals surface area contributed by atoms with Crippen LogP contribution in [0.2, 0.25) is 0 Å². The van der Waals surface area contributed by atoms with Crippen LogP contribution in [-0.4, -0.2) is 13.2 Å². The molecule has 1 radical (unpaired) electrons. The zero-order chi connectivity index (χ0) is 14.4. The molecule has 0 saturated heterocycles. The van der Waals surface area contributed by atoms with Crippen LogP contribution in [0.15, 0.2) is 30.3 Å². The molecule has 1 aliphatic rings. The summed E-state index contributed by atoms with van der Waals surface area (Å²) in [7, 11) is 2.16. The van der Waals surface area contributed by atoms with Gasteiger partial charge in [-0.1, -0.05) is 25.6 Å². The first-order valence-electron chi connectivity index (χ1n) is 7.10. The third-order valence-electron chi connectivity index (χ3n) is 4.46. The molecule has 0 bridgehead atoms. The van der Waals surface area contributed by atoms with Crippen LogP contribution in [-0.2, 0) is 19.5 Å². The third kappa shape index (κ3) is 2.49. The minimum atomic E-state index is 0. The number of benzene rings is 2. The first-order chi connectivity index (χ1) is 9.50. The first-order valence-corrected chi connectivity index (χ1v) is 7.10. The van der Waals surface area contributed by atoms with E-state index < -0.39 is 0 Å². The maximum absolute atomic E-state index is 3.26. The van der Waals surface area contributed by atoms with Gasteiger partial charge < -0.3 is 9.80 Å². The Morgan fingerprint density at radius 1 is 1.00 bits per heavy atom. The molecule has 1 aliphatic heterocycles. The Balaban J connectivity index is 0.00000161. The van der Waals surface area contributed by atoms with Crippen molar-refractivity contribution in [2.75, 3.05) is 16.8 Å². The molecule has 0 saturated carbocycles. The molecule has 0 N–H and O–H groups in total. The van der Waals surface area contributed by atoms with Crippen molar-refractivity contribution < 1.29 is 19.5 Å². The van der Waals surface area contributed by atoms with Gasteiger partial charge in [0.05, 0.1) is 17.5 Å².